The van der Waals surface area contributed by atoms with Gasteiger partial charge in [0, 0.05) is 5.02 Å². The first-order chi connectivity index (χ1) is 9.52. The Morgan fingerprint density at radius 2 is 1.90 bits per heavy atom. The van der Waals surface area contributed by atoms with Crippen molar-refractivity contribution in [2.24, 2.45) is 5.73 Å². The first kappa shape index (κ1) is 14.0. The third kappa shape index (κ3) is 2.78. The standard InChI is InChI=1S/C14H13ClN2O3/c1-20-11-7-6-10(17-14(16)19)13(18)12(11)8-2-4-9(15)5-3-8/h2-7,18H,1H3,(H3,16,17,19). The molecular weight excluding hydrogens is 280 g/mol. The van der Waals surface area contributed by atoms with Gasteiger partial charge < -0.3 is 20.9 Å². The van der Waals surface area contributed by atoms with E-state index in [1.807, 2.05) is 0 Å². The molecule has 0 bridgehead atoms. The fourth-order valence-corrected chi connectivity index (χ4v) is 2.00. The van der Waals surface area contributed by atoms with Crippen LogP contribution in [0.5, 0.6) is 11.5 Å². The molecule has 0 aromatic heterocycles. The van der Waals surface area contributed by atoms with Crippen molar-refractivity contribution in [3.63, 3.8) is 0 Å². The lowest BCUT2D eigenvalue weighted by atomic mass is 10.0. The van der Waals surface area contributed by atoms with E-state index in [-0.39, 0.29) is 11.4 Å². The predicted octanol–water partition coefficient (Wildman–Crippen LogP) is 3.21. The van der Waals surface area contributed by atoms with E-state index in [1.54, 1.807) is 30.3 Å². The number of nitrogens with two attached hydrogens (primary N) is 1. The molecule has 0 saturated heterocycles. The minimum atomic E-state index is -0.757. The van der Waals surface area contributed by atoms with Crippen molar-refractivity contribution in [1.82, 2.24) is 0 Å². The summed E-state index contributed by atoms with van der Waals surface area (Å²) < 4.78 is 5.23. The third-order valence-corrected chi connectivity index (χ3v) is 3.00. The van der Waals surface area contributed by atoms with E-state index in [9.17, 15) is 9.90 Å². The highest BCUT2D eigenvalue weighted by Gasteiger charge is 2.16. The summed E-state index contributed by atoms with van der Waals surface area (Å²) in [4.78, 5) is 10.9. The molecule has 0 radical (unpaired) electrons. The number of hydrogen-bond acceptors (Lipinski definition) is 3. The van der Waals surface area contributed by atoms with Gasteiger partial charge in [0.15, 0.2) is 5.75 Å². The number of hydrogen-bond donors (Lipinski definition) is 3. The first-order valence-electron chi connectivity index (χ1n) is 5.75. The number of ether oxygens (including phenoxy) is 1. The Hall–Kier alpha value is -2.40. The van der Waals surface area contributed by atoms with E-state index < -0.39 is 6.03 Å². The number of halogens is 1. The number of primary amides is 1. The summed E-state index contributed by atoms with van der Waals surface area (Å²) in [6, 6.07) is 9.27. The van der Waals surface area contributed by atoms with E-state index in [0.717, 1.165) is 0 Å². The van der Waals surface area contributed by atoms with Crippen molar-refractivity contribution in [3.8, 4) is 22.6 Å². The van der Waals surface area contributed by atoms with Gasteiger partial charge in [-0.15, -0.1) is 0 Å². The molecule has 20 heavy (non-hydrogen) atoms. The first-order valence-corrected chi connectivity index (χ1v) is 6.13. The molecule has 4 N–H and O–H groups in total. The molecule has 0 unspecified atom stereocenters. The van der Waals surface area contributed by atoms with Gasteiger partial charge in [-0.05, 0) is 29.8 Å². The highest BCUT2D eigenvalue weighted by atomic mass is 35.5. The van der Waals surface area contributed by atoms with Gasteiger partial charge in [-0.25, -0.2) is 4.79 Å². The summed E-state index contributed by atoms with van der Waals surface area (Å²) >= 11 is 5.85. The van der Waals surface area contributed by atoms with Gasteiger partial charge in [-0.2, -0.15) is 0 Å². The van der Waals surface area contributed by atoms with Crippen molar-refractivity contribution < 1.29 is 14.6 Å². The molecule has 6 heteroatoms. The number of carbonyl (C=O) groups excluding carboxylic acids is 1. The van der Waals surface area contributed by atoms with E-state index >= 15 is 0 Å². The molecule has 0 atom stereocenters. The topological polar surface area (TPSA) is 84.6 Å². The van der Waals surface area contributed by atoms with Crippen LogP contribution in [0.15, 0.2) is 36.4 Å². The van der Waals surface area contributed by atoms with Gasteiger partial charge in [0.2, 0.25) is 0 Å². The second-order valence-corrected chi connectivity index (χ2v) is 4.47. The predicted molar refractivity (Wildman–Crippen MR) is 78.3 cm³/mol. The molecular formula is C14H13ClN2O3. The Balaban J connectivity index is 2.59. The normalized spacial score (nSPS) is 10.1. The number of carbonyl (C=O) groups is 1. The zero-order valence-corrected chi connectivity index (χ0v) is 11.4. The van der Waals surface area contributed by atoms with Crippen molar-refractivity contribution in [3.05, 3.63) is 41.4 Å². The maximum atomic E-state index is 10.9. The number of rotatable bonds is 3. The number of phenolic OH excluding ortho intramolecular Hbond substituents is 1. The minimum absolute atomic E-state index is 0.120. The van der Waals surface area contributed by atoms with E-state index in [4.69, 9.17) is 22.1 Å². The number of benzene rings is 2. The fourth-order valence-electron chi connectivity index (χ4n) is 1.87. The van der Waals surface area contributed by atoms with Gasteiger partial charge in [0.25, 0.3) is 0 Å². The molecule has 0 aliphatic rings. The molecule has 0 fully saturated rings. The molecule has 0 heterocycles. The Labute approximate surface area is 120 Å². The van der Waals surface area contributed by atoms with Crippen LogP contribution >= 0.6 is 11.6 Å². The summed E-state index contributed by atoms with van der Waals surface area (Å²) in [5.41, 5.74) is 6.43. The Morgan fingerprint density at radius 3 is 2.45 bits per heavy atom. The van der Waals surface area contributed by atoms with Gasteiger partial charge in [0.1, 0.15) is 5.75 Å². The van der Waals surface area contributed by atoms with Gasteiger partial charge >= 0.3 is 6.03 Å². The van der Waals surface area contributed by atoms with Crippen LogP contribution in [0.25, 0.3) is 11.1 Å². The molecule has 2 amide bonds. The second kappa shape index (κ2) is 5.71. The Kier molecular flexibility index (Phi) is 4.00. The molecule has 5 nitrogen and oxygen atoms in total. The SMILES string of the molecule is COc1ccc(NC(N)=O)c(O)c1-c1ccc(Cl)cc1. The molecule has 0 saturated carbocycles. The summed E-state index contributed by atoms with van der Waals surface area (Å²) in [6.45, 7) is 0. The number of aromatic hydroxyl groups is 1. The van der Waals surface area contributed by atoms with Crippen LogP contribution in [0.3, 0.4) is 0 Å². The summed E-state index contributed by atoms with van der Waals surface area (Å²) in [5, 5.41) is 13.2. The van der Waals surface area contributed by atoms with E-state index in [1.165, 1.54) is 13.2 Å². The van der Waals surface area contributed by atoms with Crippen molar-refractivity contribution >= 4 is 23.3 Å². The highest BCUT2D eigenvalue weighted by Crippen LogP contribution is 2.42. The fraction of sp³-hybridized carbons (Fsp3) is 0.0714. The molecule has 104 valence electrons. The van der Waals surface area contributed by atoms with Crippen molar-refractivity contribution in [1.29, 1.82) is 0 Å². The molecule has 0 spiro atoms. The molecule has 0 aliphatic heterocycles. The van der Waals surface area contributed by atoms with Crippen LogP contribution < -0.4 is 15.8 Å². The number of methoxy groups -OCH3 is 1. The number of amides is 2. The van der Waals surface area contributed by atoms with Crippen LogP contribution in [0, 0.1) is 0 Å². The highest BCUT2D eigenvalue weighted by molar-refractivity contribution is 6.30. The van der Waals surface area contributed by atoms with Gasteiger partial charge in [-0.3, -0.25) is 0 Å². The lowest BCUT2D eigenvalue weighted by molar-refractivity contribution is 0.259. The zero-order valence-electron chi connectivity index (χ0n) is 10.7. The van der Waals surface area contributed by atoms with E-state index in [0.29, 0.717) is 21.9 Å². The zero-order chi connectivity index (χ0) is 14.7. The lowest BCUT2D eigenvalue weighted by Crippen LogP contribution is -2.19. The number of urea groups is 1. The van der Waals surface area contributed by atoms with Crippen LogP contribution in [0.1, 0.15) is 0 Å². The monoisotopic (exact) mass is 292 g/mol. The summed E-state index contributed by atoms with van der Waals surface area (Å²) in [5.74, 6) is 0.352. The van der Waals surface area contributed by atoms with E-state index in [2.05, 4.69) is 5.32 Å². The van der Waals surface area contributed by atoms with Crippen LogP contribution in [-0.2, 0) is 0 Å². The molecule has 2 aromatic rings. The quantitative estimate of drug-likeness (QED) is 0.759. The molecule has 2 aromatic carbocycles. The van der Waals surface area contributed by atoms with Gasteiger partial charge in [0.05, 0.1) is 18.4 Å². The third-order valence-electron chi connectivity index (χ3n) is 2.75. The lowest BCUT2D eigenvalue weighted by Gasteiger charge is -2.14. The Bertz CT molecular complexity index is 642. The van der Waals surface area contributed by atoms with Gasteiger partial charge in [-0.1, -0.05) is 23.7 Å². The summed E-state index contributed by atoms with van der Waals surface area (Å²) in [6.07, 6.45) is 0. The largest absolute Gasteiger partial charge is 0.505 e. The maximum Gasteiger partial charge on any atom is 0.316 e. The smallest absolute Gasteiger partial charge is 0.316 e. The van der Waals surface area contributed by atoms with Crippen molar-refractivity contribution in [2.75, 3.05) is 12.4 Å². The second-order valence-electron chi connectivity index (χ2n) is 4.04. The molecule has 0 aliphatic carbocycles. The van der Waals surface area contributed by atoms with Crippen LogP contribution in [0.2, 0.25) is 5.02 Å². The van der Waals surface area contributed by atoms with Crippen molar-refractivity contribution in [2.45, 2.75) is 0 Å². The maximum absolute atomic E-state index is 10.9. The summed E-state index contributed by atoms with van der Waals surface area (Å²) in [7, 11) is 1.50. The number of anilines is 1. The average Bonchev–Trinajstić information content (AvgIpc) is 2.41. The average molecular weight is 293 g/mol. The Morgan fingerprint density at radius 1 is 1.25 bits per heavy atom. The number of nitrogens with one attached hydrogen (secondary N) is 1. The van der Waals surface area contributed by atoms with Crippen LogP contribution in [0.4, 0.5) is 10.5 Å². The number of phenols is 1. The minimum Gasteiger partial charge on any atom is -0.505 e. The van der Waals surface area contributed by atoms with Crippen LogP contribution in [-0.4, -0.2) is 18.2 Å². The molecule has 2 rings (SSSR count).